The summed E-state index contributed by atoms with van der Waals surface area (Å²) in [6.45, 7) is 1.23. The van der Waals surface area contributed by atoms with Gasteiger partial charge in [0.1, 0.15) is 0 Å². The normalized spacial score (nSPS) is 14.2. The Morgan fingerprint density at radius 2 is 1.93 bits per heavy atom. The van der Waals surface area contributed by atoms with Gasteiger partial charge in [-0.1, -0.05) is 19.4 Å². The molecule has 12 heteroatoms. The fourth-order valence-corrected chi connectivity index (χ4v) is 3.39. The first-order valence-corrected chi connectivity index (χ1v) is 11.3. The number of nitrogens with zero attached hydrogens (tertiary/aromatic N) is 1. The van der Waals surface area contributed by atoms with Crippen LogP contribution in [0.2, 0.25) is 0 Å². The maximum atomic E-state index is 12.0. The van der Waals surface area contributed by atoms with Crippen molar-refractivity contribution in [1.82, 2.24) is 0 Å². The fraction of sp³-hybridized carbons (Fsp3) is 0.588. The summed E-state index contributed by atoms with van der Waals surface area (Å²) in [6, 6.07) is 3.77. The molecule has 0 aromatic heterocycles. The van der Waals surface area contributed by atoms with Crippen LogP contribution in [0.25, 0.3) is 0 Å². The number of nitro groups is 1. The summed E-state index contributed by atoms with van der Waals surface area (Å²) in [5.74, 6) is 0.319. The molecule has 0 radical (unpaired) electrons. The zero-order valence-electron chi connectivity index (χ0n) is 16.1. The van der Waals surface area contributed by atoms with Crippen LogP contribution >= 0.6 is 20.5 Å². The molecule has 0 aliphatic carbocycles. The number of rotatable bonds is 14. The van der Waals surface area contributed by atoms with E-state index in [1.54, 1.807) is 0 Å². The lowest BCUT2D eigenvalue weighted by atomic mass is 10.1. The highest BCUT2D eigenvalue weighted by atomic mass is 32.1. The number of anilines is 1. The van der Waals surface area contributed by atoms with Crippen molar-refractivity contribution in [3.63, 3.8) is 0 Å². The van der Waals surface area contributed by atoms with E-state index in [-0.39, 0.29) is 43.0 Å². The van der Waals surface area contributed by atoms with Gasteiger partial charge in [0.05, 0.1) is 18.1 Å². The van der Waals surface area contributed by atoms with E-state index in [0.29, 0.717) is 6.42 Å². The van der Waals surface area contributed by atoms with Crippen molar-refractivity contribution >= 4 is 37.7 Å². The van der Waals surface area contributed by atoms with E-state index < -0.39 is 24.8 Å². The van der Waals surface area contributed by atoms with Gasteiger partial charge in [0.2, 0.25) is 5.91 Å². The Morgan fingerprint density at radius 3 is 2.52 bits per heavy atom. The first kappa shape index (κ1) is 25.5. The molecule has 0 aliphatic heterocycles. The molecule has 1 amide bonds. The molecule has 2 atom stereocenters. The molecule has 10 nitrogen and oxygen atoms in total. The lowest BCUT2D eigenvalue weighted by Gasteiger charge is -2.17. The predicted octanol–water partition coefficient (Wildman–Crippen LogP) is 2.97. The van der Waals surface area contributed by atoms with E-state index in [1.165, 1.54) is 19.1 Å². The number of nitrogens with one attached hydrogen (secondary N) is 1. The maximum absolute atomic E-state index is 12.0. The van der Waals surface area contributed by atoms with Crippen LogP contribution in [0.5, 0.6) is 0 Å². The third kappa shape index (κ3) is 10.2. The number of unbranched alkanes of at least 4 members (excludes halogenated alkanes) is 2. The number of hydrogen-bond acceptors (Lipinski definition) is 8. The maximum Gasteiger partial charge on any atom is 0.472 e. The Labute approximate surface area is 174 Å². The third-order valence-corrected chi connectivity index (χ3v) is 5.14. The molecule has 0 bridgehead atoms. The number of hydrogen-bond donors (Lipinski definition) is 3. The lowest BCUT2D eigenvalue weighted by molar-refractivity contribution is -0.427. The van der Waals surface area contributed by atoms with E-state index in [2.05, 4.69) is 17.9 Å². The molecule has 164 valence electrons. The van der Waals surface area contributed by atoms with Crippen LogP contribution in [0.1, 0.15) is 50.7 Å². The first-order chi connectivity index (χ1) is 13.7. The molecule has 2 N–H and O–H groups in total. The Balaban J connectivity index is 2.39. The molecule has 0 saturated heterocycles. The highest BCUT2D eigenvalue weighted by Crippen LogP contribution is 2.43. The summed E-state index contributed by atoms with van der Waals surface area (Å²) < 4.78 is 21.3. The first-order valence-electron chi connectivity index (χ1n) is 9.13. The number of benzene rings is 1. The van der Waals surface area contributed by atoms with Crippen LogP contribution < -0.4 is 10.4 Å². The van der Waals surface area contributed by atoms with E-state index >= 15 is 0 Å². The topological polar surface area (TPSA) is 151 Å². The average Bonchev–Trinajstić information content (AvgIpc) is 2.64. The second-order valence-corrected chi connectivity index (χ2v) is 8.14. The smallest absolute Gasteiger partial charge is 0.472 e. The summed E-state index contributed by atoms with van der Waals surface area (Å²) in [5, 5.41) is 25.1. The minimum absolute atomic E-state index is 0.0127. The van der Waals surface area contributed by atoms with Crippen molar-refractivity contribution in [2.45, 2.75) is 45.1 Å². The number of phosphoric acid groups is 1. The van der Waals surface area contributed by atoms with Crippen molar-refractivity contribution in [3.05, 3.63) is 33.9 Å². The highest BCUT2D eigenvalue weighted by Gasteiger charge is 2.20. The molecule has 2 unspecified atom stereocenters. The number of amides is 1. The molecule has 0 heterocycles. The summed E-state index contributed by atoms with van der Waals surface area (Å²) in [7, 11) is -4.15. The molecular weight excluding hydrogens is 423 g/mol. The standard InChI is InChI=1S/C17H26N2O8PS/c1-13(20)15-12-14(7-8-16(15)19(22)23)18-17(21)6-5-10-27-28(24,25)26-9-3-2-4-11-29/h7-8,12-13,29H,2-6,9-11H2,1H3,(H,18,21)(H,24,25)/q-1. The van der Waals surface area contributed by atoms with Crippen molar-refractivity contribution in [2.75, 3.05) is 24.3 Å². The van der Waals surface area contributed by atoms with E-state index in [0.717, 1.165) is 24.7 Å². The Kier molecular flexibility index (Phi) is 11.4. The van der Waals surface area contributed by atoms with E-state index in [9.17, 15) is 29.5 Å². The van der Waals surface area contributed by atoms with Crippen molar-refractivity contribution in [3.8, 4) is 0 Å². The predicted molar refractivity (Wildman–Crippen MR) is 109 cm³/mol. The van der Waals surface area contributed by atoms with Crippen LogP contribution in [0.3, 0.4) is 0 Å². The number of thiol groups is 1. The van der Waals surface area contributed by atoms with Gasteiger partial charge in [0, 0.05) is 23.7 Å². The van der Waals surface area contributed by atoms with Crippen LogP contribution in [0, 0.1) is 10.1 Å². The van der Waals surface area contributed by atoms with Crippen LogP contribution in [-0.4, -0.2) is 34.7 Å². The van der Waals surface area contributed by atoms with Gasteiger partial charge in [-0.25, -0.2) is 4.57 Å². The van der Waals surface area contributed by atoms with Gasteiger partial charge in [-0.2, -0.15) is 12.6 Å². The van der Waals surface area contributed by atoms with Crippen LogP contribution in [0.4, 0.5) is 11.4 Å². The van der Waals surface area contributed by atoms with Gasteiger partial charge in [-0.05, 0) is 37.1 Å². The van der Waals surface area contributed by atoms with Crippen LogP contribution in [-0.2, 0) is 18.4 Å². The minimum atomic E-state index is -4.15. The number of phosphoric ester groups is 1. The Bertz CT molecular complexity index is 731. The quantitative estimate of drug-likeness (QED) is 0.129. The summed E-state index contributed by atoms with van der Waals surface area (Å²) in [5.41, 5.74) is -0.0660. The van der Waals surface area contributed by atoms with Crippen molar-refractivity contribution in [2.24, 2.45) is 0 Å². The fourth-order valence-electron chi connectivity index (χ4n) is 2.37. The molecule has 0 aliphatic rings. The van der Waals surface area contributed by atoms with Gasteiger partial charge < -0.3 is 15.3 Å². The average molecular weight is 449 g/mol. The molecule has 29 heavy (non-hydrogen) atoms. The highest BCUT2D eigenvalue weighted by molar-refractivity contribution is 7.80. The van der Waals surface area contributed by atoms with Gasteiger partial charge in [-0.15, -0.1) is 0 Å². The molecular formula is C17H26N2O8PS-. The Morgan fingerprint density at radius 1 is 1.28 bits per heavy atom. The van der Waals surface area contributed by atoms with Gasteiger partial charge >= 0.3 is 7.82 Å². The van der Waals surface area contributed by atoms with Crippen LogP contribution in [0.15, 0.2) is 18.2 Å². The van der Waals surface area contributed by atoms with Gasteiger partial charge in [0.25, 0.3) is 5.69 Å². The van der Waals surface area contributed by atoms with Crippen molar-refractivity contribution < 1.29 is 33.3 Å². The summed E-state index contributed by atoms with van der Waals surface area (Å²) in [4.78, 5) is 31.8. The molecule has 1 aromatic carbocycles. The molecule has 0 spiro atoms. The SMILES string of the molecule is CC([O-])c1cc(NC(=O)CCCOP(=O)(O)OCCCCCS)ccc1[N+](=O)[O-]. The summed E-state index contributed by atoms with van der Waals surface area (Å²) >= 11 is 4.07. The lowest BCUT2D eigenvalue weighted by Crippen LogP contribution is -2.15. The van der Waals surface area contributed by atoms with Gasteiger partial charge in [-0.3, -0.25) is 24.0 Å². The second kappa shape index (κ2) is 12.9. The minimum Gasteiger partial charge on any atom is -0.849 e. The second-order valence-electron chi connectivity index (χ2n) is 6.24. The molecule has 0 fully saturated rings. The monoisotopic (exact) mass is 449 g/mol. The largest absolute Gasteiger partial charge is 0.849 e. The van der Waals surface area contributed by atoms with E-state index in [1.807, 2.05) is 0 Å². The third-order valence-electron chi connectivity index (χ3n) is 3.81. The van der Waals surface area contributed by atoms with Gasteiger partial charge in [0.15, 0.2) is 0 Å². The molecule has 1 aromatic rings. The number of carbonyl (C=O) groups is 1. The zero-order valence-corrected chi connectivity index (χ0v) is 17.9. The number of carbonyl (C=O) groups excluding carboxylic acids is 1. The number of nitro benzene ring substituents is 1. The molecule has 0 saturated carbocycles. The van der Waals surface area contributed by atoms with E-state index in [4.69, 9.17) is 9.05 Å². The zero-order chi connectivity index (χ0) is 21.9. The summed E-state index contributed by atoms with van der Waals surface area (Å²) in [6.07, 6.45) is 1.17. The molecule has 1 rings (SSSR count). The Hall–Kier alpha value is -1.49. The van der Waals surface area contributed by atoms with Crippen molar-refractivity contribution in [1.29, 1.82) is 0 Å².